The summed E-state index contributed by atoms with van der Waals surface area (Å²) in [5.41, 5.74) is 2.87. The standard InChI is InChI=1S/C35H33ClFN5O5/c36-29-18-26(6-8-30(29)46-21-23-3-1-4-25(37)17-23)40-33-24(19-38)20-39-34-28(33)7-9-31(47-27-10-14-45-22-27)35(34)41-32(43)5-2-11-42-12-15-44-16-13-42/h1-9,17-18,20,27H,10-16,21-22H2,(H,39,40)(H,41,43)/b5-2+/t27-/m0/s1. The van der Waals surface area contributed by atoms with E-state index in [-0.39, 0.29) is 24.4 Å². The minimum Gasteiger partial charge on any atom is -0.487 e. The summed E-state index contributed by atoms with van der Waals surface area (Å²) in [7, 11) is 0. The van der Waals surface area contributed by atoms with E-state index < -0.39 is 0 Å². The van der Waals surface area contributed by atoms with Crippen LogP contribution in [0, 0.1) is 17.1 Å². The van der Waals surface area contributed by atoms with Crippen LogP contribution < -0.4 is 20.1 Å². The number of aromatic nitrogens is 1. The van der Waals surface area contributed by atoms with Crippen molar-refractivity contribution in [3.05, 3.63) is 94.9 Å². The fourth-order valence-corrected chi connectivity index (χ4v) is 5.59. The second-order valence-electron chi connectivity index (χ2n) is 11.1. The molecule has 2 fully saturated rings. The van der Waals surface area contributed by atoms with Crippen LogP contribution in [-0.2, 0) is 20.9 Å². The van der Waals surface area contributed by atoms with Crippen LogP contribution in [-0.4, -0.2) is 68.0 Å². The quantitative estimate of drug-likeness (QED) is 0.181. The van der Waals surface area contributed by atoms with Gasteiger partial charge in [0.2, 0.25) is 5.91 Å². The molecule has 1 aromatic heterocycles. The van der Waals surface area contributed by atoms with Gasteiger partial charge in [-0.05, 0) is 48.0 Å². The molecule has 0 aliphatic carbocycles. The average Bonchev–Trinajstić information content (AvgIpc) is 3.59. The summed E-state index contributed by atoms with van der Waals surface area (Å²) in [5, 5.41) is 17.2. The summed E-state index contributed by atoms with van der Waals surface area (Å²) in [6.45, 7) is 4.79. The van der Waals surface area contributed by atoms with Gasteiger partial charge in [-0.2, -0.15) is 5.26 Å². The molecular formula is C35H33ClFN5O5. The number of morpholine rings is 1. The molecule has 4 aromatic rings. The number of rotatable bonds is 11. The van der Waals surface area contributed by atoms with Crippen molar-refractivity contribution in [3.8, 4) is 17.6 Å². The normalized spacial score (nSPS) is 16.7. The Bertz CT molecular complexity index is 1820. The number of anilines is 3. The first-order chi connectivity index (χ1) is 23.0. The third kappa shape index (κ3) is 8.17. The highest BCUT2D eigenvalue weighted by Gasteiger charge is 2.22. The molecule has 0 radical (unpaired) electrons. The second kappa shape index (κ2) is 15.2. The number of pyridine rings is 1. The zero-order valence-electron chi connectivity index (χ0n) is 25.5. The number of amides is 1. The van der Waals surface area contributed by atoms with E-state index in [1.54, 1.807) is 42.5 Å². The van der Waals surface area contributed by atoms with Crippen molar-refractivity contribution < 1.29 is 28.1 Å². The molecule has 1 atom stereocenters. The topological polar surface area (TPSA) is 118 Å². The van der Waals surface area contributed by atoms with Crippen LogP contribution in [0.1, 0.15) is 17.5 Å². The summed E-state index contributed by atoms with van der Waals surface area (Å²) >= 11 is 6.55. The molecule has 10 nitrogen and oxygen atoms in total. The van der Waals surface area contributed by atoms with Crippen LogP contribution in [0.5, 0.6) is 11.5 Å². The second-order valence-corrected chi connectivity index (χ2v) is 11.5. The highest BCUT2D eigenvalue weighted by Crippen LogP contribution is 2.39. The fourth-order valence-electron chi connectivity index (χ4n) is 5.36. The predicted octanol–water partition coefficient (Wildman–Crippen LogP) is 6.22. The lowest BCUT2D eigenvalue weighted by atomic mass is 10.1. The molecule has 0 saturated carbocycles. The molecule has 2 aliphatic rings. The first-order valence-electron chi connectivity index (χ1n) is 15.3. The number of carbonyl (C=O) groups is 1. The monoisotopic (exact) mass is 657 g/mol. The number of halogens is 2. The number of ether oxygens (including phenoxy) is 4. The van der Waals surface area contributed by atoms with Crippen LogP contribution in [0.3, 0.4) is 0 Å². The van der Waals surface area contributed by atoms with Gasteiger partial charge in [-0.25, -0.2) is 4.39 Å². The van der Waals surface area contributed by atoms with E-state index in [0.717, 1.165) is 19.5 Å². The molecule has 0 bridgehead atoms. The van der Waals surface area contributed by atoms with Crippen molar-refractivity contribution in [3.63, 3.8) is 0 Å². The Kier molecular flexibility index (Phi) is 10.4. The molecule has 47 heavy (non-hydrogen) atoms. The Hall–Kier alpha value is -4.73. The molecule has 2 N–H and O–H groups in total. The van der Waals surface area contributed by atoms with Crippen LogP contribution >= 0.6 is 11.6 Å². The third-order valence-corrected chi connectivity index (χ3v) is 8.07. The molecule has 2 saturated heterocycles. The highest BCUT2D eigenvalue weighted by molar-refractivity contribution is 6.32. The predicted molar refractivity (Wildman–Crippen MR) is 177 cm³/mol. The molecule has 12 heteroatoms. The van der Waals surface area contributed by atoms with E-state index in [1.165, 1.54) is 24.4 Å². The Balaban J connectivity index is 1.27. The Labute approximate surface area is 276 Å². The summed E-state index contributed by atoms with van der Waals surface area (Å²) in [6, 6.07) is 17.1. The molecule has 6 rings (SSSR count). The molecule has 1 amide bonds. The number of carbonyl (C=O) groups excluding carboxylic acids is 1. The van der Waals surface area contributed by atoms with Gasteiger partial charge >= 0.3 is 0 Å². The van der Waals surface area contributed by atoms with E-state index in [4.69, 9.17) is 30.5 Å². The molecule has 242 valence electrons. The first kappa shape index (κ1) is 32.2. The lowest BCUT2D eigenvalue weighted by Gasteiger charge is -2.25. The Morgan fingerprint density at radius 2 is 1.96 bits per heavy atom. The molecule has 3 aromatic carbocycles. The van der Waals surface area contributed by atoms with E-state index >= 15 is 0 Å². The first-order valence-corrected chi connectivity index (χ1v) is 15.7. The van der Waals surface area contributed by atoms with Gasteiger partial charge < -0.3 is 29.6 Å². The summed E-state index contributed by atoms with van der Waals surface area (Å²) < 4.78 is 36.5. The third-order valence-electron chi connectivity index (χ3n) is 7.77. The number of hydrogen-bond donors (Lipinski definition) is 2. The van der Waals surface area contributed by atoms with Gasteiger partial charge in [0.15, 0.2) is 0 Å². The highest BCUT2D eigenvalue weighted by atomic mass is 35.5. The maximum absolute atomic E-state index is 13.6. The number of nitriles is 1. The van der Waals surface area contributed by atoms with Crippen LogP contribution in [0.25, 0.3) is 10.9 Å². The van der Waals surface area contributed by atoms with E-state index in [9.17, 15) is 14.4 Å². The minimum absolute atomic E-state index is 0.145. The van der Waals surface area contributed by atoms with Crippen LogP contribution in [0.4, 0.5) is 21.5 Å². The van der Waals surface area contributed by atoms with Crippen LogP contribution in [0.2, 0.25) is 5.02 Å². The minimum atomic E-state index is -0.344. The number of nitrogens with zero attached hydrogens (tertiary/aromatic N) is 3. The van der Waals surface area contributed by atoms with Gasteiger partial charge in [-0.15, -0.1) is 0 Å². The molecule has 0 spiro atoms. The molecular weight excluding hydrogens is 625 g/mol. The largest absolute Gasteiger partial charge is 0.487 e. The maximum atomic E-state index is 13.6. The average molecular weight is 658 g/mol. The van der Waals surface area contributed by atoms with Crippen molar-refractivity contribution in [2.45, 2.75) is 19.1 Å². The van der Waals surface area contributed by atoms with E-state index in [0.29, 0.717) is 88.6 Å². The zero-order valence-corrected chi connectivity index (χ0v) is 26.3. The van der Waals surface area contributed by atoms with Crippen molar-refractivity contribution in [2.24, 2.45) is 0 Å². The number of benzene rings is 3. The van der Waals surface area contributed by atoms with Gasteiger partial charge in [-0.1, -0.05) is 29.8 Å². The molecule has 3 heterocycles. The number of nitrogens with one attached hydrogen (secondary N) is 2. The van der Waals surface area contributed by atoms with Gasteiger partial charge in [0.25, 0.3) is 0 Å². The van der Waals surface area contributed by atoms with Gasteiger partial charge in [0, 0.05) is 49.4 Å². The van der Waals surface area contributed by atoms with Crippen molar-refractivity contribution in [1.82, 2.24) is 9.88 Å². The van der Waals surface area contributed by atoms with Gasteiger partial charge in [0.05, 0.1) is 48.2 Å². The van der Waals surface area contributed by atoms with Crippen molar-refractivity contribution in [1.29, 1.82) is 5.26 Å². The Morgan fingerprint density at radius 3 is 2.72 bits per heavy atom. The lowest BCUT2D eigenvalue weighted by Crippen LogP contribution is -2.36. The zero-order chi connectivity index (χ0) is 32.6. The Morgan fingerprint density at radius 1 is 1.11 bits per heavy atom. The van der Waals surface area contributed by atoms with Crippen LogP contribution in [0.15, 0.2) is 72.9 Å². The SMILES string of the molecule is N#Cc1cnc2c(NC(=O)/C=C/CN3CCOCC3)c(O[C@H]3CCOC3)ccc2c1Nc1ccc(OCc2cccc(F)c2)c(Cl)c1. The maximum Gasteiger partial charge on any atom is 0.248 e. The molecule has 0 unspecified atom stereocenters. The summed E-state index contributed by atoms with van der Waals surface area (Å²) in [6.07, 6.45) is 5.33. The summed E-state index contributed by atoms with van der Waals surface area (Å²) in [4.78, 5) is 19.9. The smallest absolute Gasteiger partial charge is 0.248 e. The van der Waals surface area contributed by atoms with E-state index in [2.05, 4.69) is 26.6 Å². The van der Waals surface area contributed by atoms with Gasteiger partial charge in [0.1, 0.15) is 41.8 Å². The van der Waals surface area contributed by atoms with Gasteiger partial charge in [-0.3, -0.25) is 14.7 Å². The number of fused-ring (bicyclic) bond motifs is 1. The lowest BCUT2D eigenvalue weighted by molar-refractivity contribution is -0.111. The number of hydrogen-bond acceptors (Lipinski definition) is 9. The molecule has 2 aliphatic heterocycles. The van der Waals surface area contributed by atoms with Crippen molar-refractivity contribution in [2.75, 3.05) is 56.7 Å². The van der Waals surface area contributed by atoms with E-state index in [1.807, 2.05) is 6.08 Å². The van der Waals surface area contributed by atoms with Crippen molar-refractivity contribution >= 4 is 45.5 Å². The fraction of sp³-hybridized carbons (Fsp3) is 0.286. The summed E-state index contributed by atoms with van der Waals surface area (Å²) in [5.74, 6) is 0.197.